The van der Waals surface area contributed by atoms with Crippen LogP contribution < -0.4 is 4.80 Å². The van der Waals surface area contributed by atoms with Crippen molar-refractivity contribution >= 4 is 55.8 Å². The molecule has 0 saturated heterocycles. The van der Waals surface area contributed by atoms with Gasteiger partial charge in [0.05, 0.1) is 27.8 Å². The Morgan fingerprint density at radius 2 is 2.10 bits per heavy atom. The van der Waals surface area contributed by atoms with Gasteiger partial charge in [0.25, 0.3) is 5.91 Å². The number of fused-ring (bicyclic) bond motifs is 1. The number of aromatic nitrogens is 1. The minimum Gasteiger partial charge on any atom is -0.465 e. The summed E-state index contributed by atoms with van der Waals surface area (Å²) in [6.45, 7) is 4.16. The third-order valence-electron chi connectivity index (χ3n) is 3.80. The lowest BCUT2D eigenvalue weighted by Gasteiger charge is -2.02. The van der Waals surface area contributed by atoms with Crippen molar-refractivity contribution in [3.05, 3.63) is 74.4 Å². The molecule has 10 heteroatoms. The standard InChI is InChI=1S/C19H15N3O5S2/c1-3-10-21-14-7-4-12(18(24)27-2)11-15(14)29-19(21)20-16(23)8-5-13-6-9-17(28-13)22(25)26/h3-9,11H,1,10H2,2H3. The molecule has 3 rings (SSSR count). The number of amides is 1. The van der Waals surface area contributed by atoms with Crippen molar-refractivity contribution in [3.8, 4) is 0 Å². The molecule has 29 heavy (non-hydrogen) atoms. The Kier molecular flexibility index (Phi) is 6.15. The van der Waals surface area contributed by atoms with E-state index in [0.29, 0.717) is 21.8 Å². The molecule has 8 nitrogen and oxygen atoms in total. The van der Waals surface area contributed by atoms with Crippen molar-refractivity contribution in [2.45, 2.75) is 6.54 Å². The van der Waals surface area contributed by atoms with E-state index in [1.54, 1.807) is 30.3 Å². The normalized spacial score (nSPS) is 11.8. The number of nitrogens with zero attached hydrogens (tertiary/aromatic N) is 3. The van der Waals surface area contributed by atoms with Crippen LogP contribution in [0.1, 0.15) is 15.2 Å². The molecule has 3 aromatic rings. The van der Waals surface area contributed by atoms with Gasteiger partial charge in [-0.15, -0.1) is 6.58 Å². The van der Waals surface area contributed by atoms with Crippen LogP contribution >= 0.6 is 22.7 Å². The van der Waals surface area contributed by atoms with Gasteiger partial charge in [0, 0.05) is 23.6 Å². The number of thiophene rings is 1. The molecule has 1 aromatic carbocycles. The van der Waals surface area contributed by atoms with E-state index >= 15 is 0 Å². The Bertz CT molecular complexity index is 1220. The molecule has 2 heterocycles. The van der Waals surface area contributed by atoms with Gasteiger partial charge in [-0.1, -0.05) is 28.7 Å². The molecule has 0 aliphatic heterocycles. The SMILES string of the molecule is C=CCn1c(=NC(=O)C=Cc2ccc([N+](=O)[O-])s2)sc2cc(C(=O)OC)ccc21. The predicted molar refractivity (Wildman–Crippen MR) is 112 cm³/mol. The van der Waals surface area contributed by atoms with Gasteiger partial charge in [-0.25, -0.2) is 4.79 Å². The highest BCUT2D eigenvalue weighted by Crippen LogP contribution is 2.25. The molecule has 0 bridgehead atoms. The summed E-state index contributed by atoms with van der Waals surface area (Å²) in [5, 5.41) is 10.7. The van der Waals surface area contributed by atoms with Gasteiger partial charge in [-0.05, 0) is 30.3 Å². The first-order valence-corrected chi connectivity index (χ1v) is 9.90. The lowest BCUT2D eigenvalue weighted by Crippen LogP contribution is -2.15. The minimum atomic E-state index is -0.501. The molecule has 148 valence electrons. The fourth-order valence-corrected chi connectivity index (χ4v) is 4.33. The maximum Gasteiger partial charge on any atom is 0.337 e. The highest BCUT2D eigenvalue weighted by molar-refractivity contribution is 7.16. The first-order valence-electron chi connectivity index (χ1n) is 8.26. The molecule has 0 fully saturated rings. The Labute approximate surface area is 172 Å². The molecule has 0 spiro atoms. The number of carbonyl (C=O) groups excluding carboxylic acids is 2. The van der Waals surface area contributed by atoms with Gasteiger partial charge in [0.2, 0.25) is 0 Å². The van der Waals surface area contributed by atoms with Gasteiger partial charge in [-0.3, -0.25) is 14.9 Å². The van der Waals surface area contributed by atoms with Crippen LogP contribution in [0.3, 0.4) is 0 Å². The number of hydrogen-bond acceptors (Lipinski definition) is 7. The van der Waals surface area contributed by atoms with Crippen LogP contribution in [0.2, 0.25) is 0 Å². The first kappa shape index (κ1) is 20.4. The Hall–Kier alpha value is -3.37. The molecule has 0 aliphatic carbocycles. The third kappa shape index (κ3) is 4.55. The minimum absolute atomic E-state index is 0.00350. The number of allylic oxidation sites excluding steroid dienone is 1. The summed E-state index contributed by atoms with van der Waals surface area (Å²) in [7, 11) is 1.31. The van der Waals surface area contributed by atoms with Gasteiger partial charge in [0.15, 0.2) is 4.80 Å². The number of nitro groups is 1. The van der Waals surface area contributed by atoms with Gasteiger partial charge in [0.1, 0.15) is 0 Å². The van der Waals surface area contributed by atoms with Crippen molar-refractivity contribution < 1.29 is 19.2 Å². The van der Waals surface area contributed by atoms with Crippen LogP contribution in [0.15, 0.2) is 54.1 Å². The number of carbonyl (C=O) groups is 2. The van der Waals surface area contributed by atoms with Crippen LogP contribution in [-0.2, 0) is 16.1 Å². The van der Waals surface area contributed by atoms with E-state index in [9.17, 15) is 19.7 Å². The van der Waals surface area contributed by atoms with Crippen molar-refractivity contribution in [2.75, 3.05) is 7.11 Å². The summed E-state index contributed by atoms with van der Waals surface area (Å²) in [6, 6.07) is 8.06. The fourth-order valence-electron chi connectivity index (χ4n) is 2.52. The number of methoxy groups -OCH3 is 1. The average Bonchev–Trinajstić information content (AvgIpc) is 3.31. The second-order valence-electron chi connectivity index (χ2n) is 5.67. The predicted octanol–water partition coefficient (Wildman–Crippen LogP) is 3.79. The molecular formula is C19H15N3O5S2. The molecule has 0 unspecified atom stereocenters. The topological polar surface area (TPSA) is 104 Å². The second kappa shape index (κ2) is 8.76. The third-order valence-corrected chi connectivity index (χ3v) is 5.85. The quantitative estimate of drug-likeness (QED) is 0.195. The van der Waals surface area contributed by atoms with Crippen LogP contribution in [0.25, 0.3) is 16.3 Å². The summed E-state index contributed by atoms with van der Waals surface area (Å²) < 4.78 is 7.33. The molecule has 0 atom stereocenters. The summed E-state index contributed by atoms with van der Waals surface area (Å²) in [4.78, 5) is 39.5. The smallest absolute Gasteiger partial charge is 0.337 e. The van der Waals surface area contributed by atoms with E-state index in [1.165, 1.54) is 36.7 Å². The van der Waals surface area contributed by atoms with Crippen LogP contribution in [0.5, 0.6) is 0 Å². The summed E-state index contributed by atoms with van der Waals surface area (Å²) in [5.41, 5.74) is 1.22. The number of thiazole rings is 1. The zero-order valence-corrected chi connectivity index (χ0v) is 16.9. The zero-order valence-electron chi connectivity index (χ0n) is 15.2. The number of rotatable bonds is 6. The van der Waals surface area contributed by atoms with Crippen LogP contribution in [0, 0.1) is 10.1 Å². The highest BCUT2D eigenvalue weighted by Gasteiger charge is 2.11. The number of ether oxygens (including phenoxy) is 1. The molecular weight excluding hydrogens is 414 g/mol. The van der Waals surface area contributed by atoms with E-state index in [2.05, 4.69) is 11.6 Å². The summed E-state index contributed by atoms with van der Waals surface area (Å²) in [5.74, 6) is -0.947. The van der Waals surface area contributed by atoms with E-state index in [1.807, 2.05) is 4.57 Å². The summed E-state index contributed by atoms with van der Waals surface area (Å²) >= 11 is 2.23. The van der Waals surface area contributed by atoms with Crippen molar-refractivity contribution in [1.29, 1.82) is 0 Å². The Morgan fingerprint density at radius 3 is 2.76 bits per heavy atom. The van der Waals surface area contributed by atoms with E-state index < -0.39 is 16.8 Å². The van der Waals surface area contributed by atoms with Crippen LogP contribution in [-0.4, -0.2) is 28.5 Å². The highest BCUT2D eigenvalue weighted by atomic mass is 32.1. The zero-order chi connectivity index (χ0) is 21.0. The number of esters is 1. The Balaban J connectivity index is 1.96. The monoisotopic (exact) mass is 429 g/mol. The maximum absolute atomic E-state index is 12.3. The lowest BCUT2D eigenvalue weighted by molar-refractivity contribution is -0.380. The van der Waals surface area contributed by atoms with E-state index in [0.717, 1.165) is 21.6 Å². The first-order chi connectivity index (χ1) is 13.9. The van der Waals surface area contributed by atoms with E-state index in [-0.39, 0.29) is 5.00 Å². The van der Waals surface area contributed by atoms with Crippen molar-refractivity contribution in [3.63, 3.8) is 0 Å². The lowest BCUT2D eigenvalue weighted by atomic mass is 10.2. The number of benzene rings is 1. The maximum atomic E-state index is 12.3. The molecule has 0 radical (unpaired) electrons. The largest absolute Gasteiger partial charge is 0.465 e. The van der Waals surface area contributed by atoms with Gasteiger partial charge >= 0.3 is 11.0 Å². The molecule has 0 saturated carbocycles. The van der Waals surface area contributed by atoms with Gasteiger partial charge in [-0.2, -0.15) is 4.99 Å². The van der Waals surface area contributed by atoms with Crippen molar-refractivity contribution in [1.82, 2.24) is 4.57 Å². The average molecular weight is 429 g/mol. The molecule has 1 amide bonds. The number of hydrogen-bond donors (Lipinski definition) is 0. The molecule has 0 aliphatic rings. The molecule has 2 aromatic heterocycles. The summed E-state index contributed by atoms with van der Waals surface area (Å²) in [6.07, 6.45) is 4.44. The van der Waals surface area contributed by atoms with Crippen LogP contribution in [0.4, 0.5) is 5.00 Å². The fraction of sp³-hybridized carbons (Fsp3) is 0.105. The Morgan fingerprint density at radius 1 is 1.31 bits per heavy atom. The van der Waals surface area contributed by atoms with Crippen molar-refractivity contribution in [2.24, 2.45) is 4.99 Å². The second-order valence-corrected chi connectivity index (χ2v) is 7.78. The van der Waals surface area contributed by atoms with Gasteiger partial charge < -0.3 is 9.30 Å². The molecule has 0 N–H and O–H groups in total. The van der Waals surface area contributed by atoms with E-state index in [4.69, 9.17) is 4.74 Å².